The highest BCUT2D eigenvalue weighted by Gasteiger charge is 2.10. The number of benzene rings is 1. The van der Waals surface area contributed by atoms with E-state index in [-0.39, 0.29) is 5.91 Å². The quantitative estimate of drug-likeness (QED) is 0.779. The average molecular weight is 358 g/mol. The fourth-order valence-corrected chi connectivity index (χ4v) is 2.74. The van der Waals surface area contributed by atoms with Crippen molar-refractivity contribution in [1.82, 2.24) is 14.9 Å². The minimum absolute atomic E-state index is 0.0132. The van der Waals surface area contributed by atoms with Crippen LogP contribution in [0.4, 0.5) is 0 Å². The number of rotatable bonds is 4. The summed E-state index contributed by atoms with van der Waals surface area (Å²) in [6.07, 6.45) is 4.09. The molecular weight excluding hydrogens is 342 g/mol. The molecule has 2 aromatic heterocycles. The van der Waals surface area contributed by atoms with Gasteiger partial charge in [0, 0.05) is 35.8 Å². The van der Waals surface area contributed by atoms with E-state index in [1.165, 1.54) is 0 Å². The molecule has 0 radical (unpaired) electrons. The van der Waals surface area contributed by atoms with Gasteiger partial charge in [0.05, 0.1) is 6.42 Å². The molecule has 0 spiro atoms. The molecule has 0 bridgehead atoms. The molecule has 1 N–H and O–H groups in total. The Hall–Kier alpha value is -2.14. The summed E-state index contributed by atoms with van der Waals surface area (Å²) in [6.45, 7) is 0.537. The number of hydrogen-bond donors (Lipinski definition) is 1. The highest BCUT2D eigenvalue weighted by Crippen LogP contribution is 2.18. The van der Waals surface area contributed by atoms with Gasteiger partial charge in [0.15, 0.2) is 0 Å². The van der Waals surface area contributed by atoms with Crippen molar-refractivity contribution in [2.45, 2.75) is 13.0 Å². The van der Waals surface area contributed by atoms with Gasteiger partial charge in [-0.05, 0) is 35.4 Å². The molecule has 5 heteroatoms. The molecule has 4 nitrogen and oxygen atoms in total. The molecule has 22 heavy (non-hydrogen) atoms. The number of pyridine rings is 1. The molecule has 0 aliphatic heterocycles. The van der Waals surface area contributed by atoms with Crippen molar-refractivity contribution in [2.75, 3.05) is 0 Å². The summed E-state index contributed by atoms with van der Waals surface area (Å²) in [5, 5.41) is 3.99. The van der Waals surface area contributed by atoms with E-state index < -0.39 is 0 Å². The van der Waals surface area contributed by atoms with Crippen LogP contribution in [0, 0.1) is 0 Å². The SMILES string of the molecule is Cn1cc(CC(=O)NCc2ccc(Br)cc2)c2cccnc21. The van der Waals surface area contributed by atoms with Crippen molar-refractivity contribution < 1.29 is 4.79 Å². The Bertz CT molecular complexity index is 808. The Morgan fingerprint density at radius 3 is 2.82 bits per heavy atom. The predicted octanol–water partition coefficient (Wildman–Crippen LogP) is 3.19. The van der Waals surface area contributed by atoms with Gasteiger partial charge in [-0.2, -0.15) is 0 Å². The third-order valence-electron chi connectivity index (χ3n) is 3.57. The second-order valence-electron chi connectivity index (χ2n) is 5.22. The molecule has 0 saturated carbocycles. The summed E-state index contributed by atoms with van der Waals surface area (Å²) in [6, 6.07) is 11.8. The molecule has 0 aliphatic carbocycles. The van der Waals surface area contributed by atoms with Crippen LogP contribution < -0.4 is 5.32 Å². The number of aromatic nitrogens is 2. The highest BCUT2D eigenvalue weighted by molar-refractivity contribution is 9.10. The maximum atomic E-state index is 12.2. The lowest BCUT2D eigenvalue weighted by atomic mass is 10.1. The number of nitrogens with zero attached hydrogens (tertiary/aromatic N) is 2. The van der Waals surface area contributed by atoms with E-state index in [4.69, 9.17) is 0 Å². The lowest BCUT2D eigenvalue weighted by Gasteiger charge is -2.05. The fourth-order valence-electron chi connectivity index (χ4n) is 2.47. The average Bonchev–Trinajstić information content (AvgIpc) is 2.83. The fraction of sp³-hybridized carbons (Fsp3) is 0.176. The third kappa shape index (κ3) is 3.20. The summed E-state index contributed by atoms with van der Waals surface area (Å²) in [4.78, 5) is 16.5. The Labute approximate surface area is 137 Å². The molecule has 0 fully saturated rings. The van der Waals surface area contributed by atoms with Gasteiger partial charge < -0.3 is 9.88 Å². The van der Waals surface area contributed by atoms with Crippen LogP contribution in [0.5, 0.6) is 0 Å². The van der Waals surface area contributed by atoms with E-state index >= 15 is 0 Å². The summed E-state index contributed by atoms with van der Waals surface area (Å²) >= 11 is 3.40. The van der Waals surface area contributed by atoms with Crippen molar-refractivity contribution in [2.24, 2.45) is 7.05 Å². The number of carbonyl (C=O) groups is 1. The first-order valence-corrected chi connectivity index (χ1v) is 7.83. The Kier molecular flexibility index (Phi) is 4.24. The number of fused-ring (bicyclic) bond motifs is 1. The number of aryl methyl sites for hydroxylation is 1. The lowest BCUT2D eigenvalue weighted by Crippen LogP contribution is -2.24. The van der Waals surface area contributed by atoms with Crippen LogP contribution in [0.15, 0.2) is 53.3 Å². The predicted molar refractivity (Wildman–Crippen MR) is 90.4 cm³/mol. The van der Waals surface area contributed by atoms with Gasteiger partial charge in [0.1, 0.15) is 5.65 Å². The standard InChI is InChI=1S/C17H16BrN3O/c1-21-11-13(15-3-2-8-19-17(15)21)9-16(22)20-10-12-4-6-14(18)7-5-12/h2-8,11H,9-10H2,1H3,(H,20,22). The van der Waals surface area contributed by atoms with E-state index in [1.807, 2.05) is 54.2 Å². The molecule has 0 saturated heterocycles. The van der Waals surface area contributed by atoms with E-state index in [9.17, 15) is 4.79 Å². The van der Waals surface area contributed by atoms with Gasteiger partial charge in [0.2, 0.25) is 5.91 Å². The molecule has 0 unspecified atom stereocenters. The van der Waals surface area contributed by atoms with Crippen molar-refractivity contribution >= 4 is 32.9 Å². The number of amides is 1. The van der Waals surface area contributed by atoms with E-state index in [1.54, 1.807) is 6.20 Å². The van der Waals surface area contributed by atoms with E-state index in [0.717, 1.165) is 26.6 Å². The minimum atomic E-state index is 0.0132. The van der Waals surface area contributed by atoms with E-state index in [2.05, 4.69) is 26.2 Å². The van der Waals surface area contributed by atoms with Gasteiger partial charge in [-0.25, -0.2) is 4.98 Å². The molecule has 0 atom stereocenters. The molecule has 112 valence electrons. The van der Waals surface area contributed by atoms with E-state index in [0.29, 0.717) is 13.0 Å². The number of carbonyl (C=O) groups excluding carboxylic acids is 1. The molecule has 3 rings (SSSR count). The van der Waals surface area contributed by atoms with Gasteiger partial charge >= 0.3 is 0 Å². The summed E-state index contributed by atoms with van der Waals surface area (Å²) in [5.74, 6) is 0.0132. The summed E-state index contributed by atoms with van der Waals surface area (Å²) in [7, 11) is 1.94. The monoisotopic (exact) mass is 357 g/mol. The van der Waals surface area contributed by atoms with Crippen molar-refractivity contribution in [3.05, 3.63) is 64.4 Å². The Balaban J connectivity index is 1.67. The molecule has 1 aromatic carbocycles. The maximum absolute atomic E-state index is 12.2. The highest BCUT2D eigenvalue weighted by atomic mass is 79.9. The largest absolute Gasteiger partial charge is 0.352 e. The van der Waals surface area contributed by atoms with Crippen LogP contribution in [0.3, 0.4) is 0 Å². The normalized spacial score (nSPS) is 10.8. The van der Waals surface area contributed by atoms with Crippen LogP contribution in [0.25, 0.3) is 11.0 Å². The second-order valence-corrected chi connectivity index (χ2v) is 6.14. The summed E-state index contributed by atoms with van der Waals surface area (Å²) in [5.41, 5.74) is 2.98. The van der Waals surface area contributed by atoms with Crippen LogP contribution in [-0.2, 0) is 24.8 Å². The molecule has 0 aliphatic rings. The van der Waals surface area contributed by atoms with Crippen LogP contribution in [0.1, 0.15) is 11.1 Å². The molecule has 3 aromatic rings. The number of halogens is 1. The minimum Gasteiger partial charge on any atom is -0.352 e. The maximum Gasteiger partial charge on any atom is 0.224 e. The lowest BCUT2D eigenvalue weighted by molar-refractivity contribution is -0.120. The third-order valence-corrected chi connectivity index (χ3v) is 4.10. The molecular formula is C17H16BrN3O. The molecule has 1 amide bonds. The second kappa shape index (κ2) is 6.32. The van der Waals surface area contributed by atoms with Crippen molar-refractivity contribution in [1.29, 1.82) is 0 Å². The van der Waals surface area contributed by atoms with Gasteiger partial charge in [0.25, 0.3) is 0 Å². The first-order valence-electron chi connectivity index (χ1n) is 7.03. The first kappa shape index (κ1) is 14.8. The summed E-state index contributed by atoms with van der Waals surface area (Å²) < 4.78 is 2.98. The molecule has 2 heterocycles. The zero-order valence-electron chi connectivity index (χ0n) is 12.2. The van der Waals surface area contributed by atoms with Crippen molar-refractivity contribution in [3.8, 4) is 0 Å². The zero-order valence-corrected chi connectivity index (χ0v) is 13.8. The van der Waals surface area contributed by atoms with Crippen LogP contribution in [-0.4, -0.2) is 15.5 Å². The Morgan fingerprint density at radius 1 is 1.27 bits per heavy atom. The van der Waals surface area contributed by atoms with Gasteiger partial charge in [-0.3, -0.25) is 4.79 Å². The topological polar surface area (TPSA) is 46.9 Å². The van der Waals surface area contributed by atoms with Crippen molar-refractivity contribution in [3.63, 3.8) is 0 Å². The van der Waals surface area contributed by atoms with Crippen LogP contribution >= 0.6 is 15.9 Å². The number of nitrogens with one attached hydrogen (secondary N) is 1. The van der Waals surface area contributed by atoms with Gasteiger partial charge in [-0.1, -0.05) is 28.1 Å². The van der Waals surface area contributed by atoms with Gasteiger partial charge in [-0.15, -0.1) is 0 Å². The smallest absolute Gasteiger partial charge is 0.224 e. The first-order chi connectivity index (χ1) is 10.6. The zero-order chi connectivity index (χ0) is 15.5. The van der Waals surface area contributed by atoms with Crippen LogP contribution in [0.2, 0.25) is 0 Å². The number of hydrogen-bond acceptors (Lipinski definition) is 2. The Morgan fingerprint density at radius 2 is 2.05 bits per heavy atom.